The molecule has 2 rings (SSSR count). The molecule has 2 aromatic heterocycles. The molecule has 0 saturated carbocycles. The number of fused-ring (bicyclic) bond motifs is 1. The van der Waals surface area contributed by atoms with Crippen LogP contribution in [0.1, 0.15) is 16.8 Å². The highest BCUT2D eigenvalue weighted by atomic mass is 15.0. The van der Waals surface area contributed by atoms with E-state index in [2.05, 4.69) is 48.5 Å². The third-order valence-electron chi connectivity index (χ3n) is 2.47. The van der Waals surface area contributed by atoms with Crippen molar-refractivity contribution in [2.75, 3.05) is 0 Å². The smallest absolute Gasteiger partial charge is 0.200 e. The van der Waals surface area contributed by atoms with Gasteiger partial charge in [-0.05, 0) is 37.9 Å². The van der Waals surface area contributed by atoms with E-state index in [1.807, 2.05) is 6.20 Å². The maximum absolute atomic E-state index is 4.40. The SMILES string of the molecule is Cc1cnc2c(C)ccc[n+]2c1C. The van der Waals surface area contributed by atoms with E-state index in [0.717, 1.165) is 5.65 Å². The third kappa shape index (κ3) is 1.18. The van der Waals surface area contributed by atoms with Crippen LogP contribution in [0, 0.1) is 20.8 Å². The van der Waals surface area contributed by atoms with Gasteiger partial charge in [-0.3, -0.25) is 0 Å². The Balaban J connectivity index is 2.94. The molecule has 0 radical (unpaired) electrons. The van der Waals surface area contributed by atoms with Crippen LogP contribution in [0.4, 0.5) is 0 Å². The maximum Gasteiger partial charge on any atom is 0.330 e. The lowest BCUT2D eigenvalue weighted by Crippen LogP contribution is -2.28. The lowest BCUT2D eigenvalue weighted by Gasteiger charge is -1.99. The molecule has 2 nitrogen and oxygen atoms in total. The van der Waals surface area contributed by atoms with Crippen molar-refractivity contribution in [1.82, 2.24) is 4.98 Å². The maximum atomic E-state index is 4.40. The summed E-state index contributed by atoms with van der Waals surface area (Å²) >= 11 is 0. The lowest BCUT2D eigenvalue weighted by molar-refractivity contribution is -0.523. The first kappa shape index (κ1) is 8.17. The monoisotopic (exact) mass is 173 g/mol. The average molecular weight is 173 g/mol. The molecule has 0 bridgehead atoms. The van der Waals surface area contributed by atoms with Gasteiger partial charge in [-0.25, -0.2) is 4.40 Å². The molecule has 0 amide bonds. The van der Waals surface area contributed by atoms with E-state index in [0.29, 0.717) is 0 Å². The summed E-state index contributed by atoms with van der Waals surface area (Å²) in [5.74, 6) is 0. The number of hydrogen-bond donors (Lipinski definition) is 0. The highest BCUT2D eigenvalue weighted by molar-refractivity contribution is 5.39. The summed E-state index contributed by atoms with van der Waals surface area (Å²) in [4.78, 5) is 4.40. The molecule has 2 heterocycles. The zero-order valence-corrected chi connectivity index (χ0v) is 8.20. The van der Waals surface area contributed by atoms with Crippen LogP contribution in [0.15, 0.2) is 24.5 Å². The van der Waals surface area contributed by atoms with Gasteiger partial charge in [0, 0.05) is 11.1 Å². The van der Waals surface area contributed by atoms with Crippen LogP contribution in [-0.2, 0) is 0 Å². The second kappa shape index (κ2) is 2.80. The second-order valence-corrected chi connectivity index (χ2v) is 3.41. The van der Waals surface area contributed by atoms with Crippen LogP contribution < -0.4 is 4.40 Å². The summed E-state index contributed by atoms with van der Waals surface area (Å²) in [7, 11) is 0. The van der Waals surface area contributed by atoms with Crippen LogP contribution in [0.25, 0.3) is 5.65 Å². The van der Waals surface area contributed by atoms with Gasteiger partial charge in [0.15, 0.2) is 0 Å². The number of nitrogens with zero attached hydrogens (tertiary/aromatic N) is 2. The summed E-state index contributed by atoms with van der Waals surface area (Å²) in [5, 5.41) is 0. The molecule has 66 valence electrons. The van der Waals surface area contributed by atoms with Crippen molar-refractivity contribution in [3.63, 3.8) is 0 Å². The van der Waals surface area contributed by atoms with Crippen LogP contribution in [0.3, 0.4) is 0 Å². The van der Waals surface area contributed by atoms with E-state index in [4.69, 9.17) is 0 Å². The Hall–Kier alpha value is -1.44. The summed E-state index contributed by atoms with van der Waals surface area (Å²) in [5.41, 5.74) is 4.74. The highest BCUT2D eigenvalue weighted by Crippen LogP contribution is 2.04. The molecular weight excluding hydrogens is 160 g/mol. The Kier molecular flexibility index (Phi) is 1.76. The van der Waals surface area contributed by atoms with Gasteiger partial charge < -0.3 is 0 Å². The van der Waals surface area contributed by atoms with Gasteiger partial charge in [0.05, 0.1) is 6.20 Å². The van der Waals surface area contributed by atoms with E-state index in [1.54, 1.807) is 0 Å². The van der Waals surface area contributed by atoms with Crippen LogP contribution in [0.5, 0.6) is 0 Å². The van der Waals surface area contributed by atoms with Crippen LogP contribution >= 0.6 is 0 Å². The van der Waals surface area contributed by atoms with Crippen LogP contribution in [0.2, 0.25) is 0 Å². The molecule has 0 atom stereocenters. The summed E-state index contributed by atoms with van der Waals surface area (Å²) in [6, 6.07) is 4.13. The molecule has 0 aliphatic rings. The van der Waals surface area contributed by atoms with E-state index in [9.17, 15) is 0 Å². The Morgan fingerprint density at radius 1 is 1.15 bits per heavy atom. The van der Waals surface area contributed by atoms with Gasteiger partial charge in [0.1, 0.15) is 11.9 Å². The van der Waals surface area contributed by atoms with Crippen molar-refractivity contribution in [2.45, 2.75) is 20.8 Å². The molecule has 0 spiro atoms. The Labute approximate surface area is 77.9 Å². The quantitative estimate of drug-likeness (QED) is 0.555. The predicted molar refractivity (Wildman–Crippen MR) is 51.6 cm³/mol. The number of rotatable bonds is 0. The van der Waals surface area contributed by atoms with Gasteiger partial charge in [-0.1, -0.05) is 0 Å². The molecule has 0 aromatic carbocycles. The van der Waals surface area contributed by atoms with Gasteiger partial charge in [0.2, 0.25) is 0 Å². The fourth-order valence-corrected chi connectivity index (χ4v) is 1.48. The van der Waals surface area contributed by atoms with E-state index < -0.39 is 0 Å². The van der Waals surface area contributed by atoms with Crippen molar-refractivity contribution in [1.29, 1.82) is 0 Å². The molecule has 0 unspecified atom stereocenters. The third-order valence-corrected chi connectivity index (χ3v) is 2.47. The molecule has 2 aromatic rings. The van der Waals surface area contributed by atoms with Crippen molar-refractivity contribution >= 4 is 5.65 Å². The van der Waals surface area contributed by atoms with Crippen molar-refractivity contribution in [3.05, 3.63) is 41.3 Å². The Morgan fingerprint density at radius 2 is 1.92 bits per heavy atom. The minimum Gasteiger partial charge on any atom is -0.200 e. The first-order valence-corrected chi connectivity index (χ1v) is 4.43. The van der Waals surface area contributed by atoms with Crippen LogP contribution in [-0.4, -0.2) is 4.98 Å². The molecule has 0 saturated heterocycles. The summed E-state index contributed by atoms with van der Waals surface area (Å²) < 4.78 is 2.13. The normalized spacial score (nSPS) is 10.7. The van der Waals surface area contributed by atoms with Crippen molar-refractivity contribution in [3.8, 4) is 0 Å². The fraction of sp³-hybridized carbons (Fsp3) is 0.273. The van der Waals surface area contributed by atoms with Crippen molar-refractivity contribution < 1.29 is 4.40 Å². The van der Waals surface area contributed by atoms with E-state index in [-0.39, 0.29) is 0 Å². The lowest BCUT2D eigenvalue weighted by atomic mass is 10.2. The Morgan fingerprint density at radius 3 is 2.69 bits per heavy atom. The van der Waals surface area contributed by atoms with E-state index in [1.165, 1.54) is 16.8 Å². The standard InChI is InChI=1S/C11H13N2/c1-8-5-4-6-13-10(3)9(2)7-12-11(8)13/h4-7H,1-3H3/q+1. The van der Waals surface area contributed by atoms with Gasteiger partial charge in [-0.2, -0.15) is 0 Å². The largest absolute Gasteiger partial charge is 0.330 e. The molecule has 0 N–H and O–H groups in total. The van der Waals surface area contributed by atoms with Gasteiger partial charge in [-0.15, -0.1) is 0 Å². The predicted octanol–water partition coefficient (Wildman–Crippen LogP) is 1.75. The number of aryl methyl sites for hydroxylation is 3. The van der Waals surface area contributed by atoms with Crippen molar-refractivity contribution in [2.24, 2.45) is 0 Å². The average Bonchev–Trinajstić information content (AvgIpc) is 2.12. The first-order valence-electron chi connectivity index (χ1n) is 4.43. The minimum absolute atomic E-state index is 1.05. The highest BCUT2D eigenvalue weighted by Gasteiger charge is 2.10. The minimum atomic E-state index is 1.05. The number of aromatic nitrogens is 2. The fourth-order valence-electron chi connectivity index (χ4n) is 1.48. The molecular formula is C11H13N2+. The van der Waals surface area contributed by atoms with E-state index >= 15 is 0 Å². The number of hydrogen-bond acceptors (Lipinski definition) is 1. The summed E-state index contributed by atoms with van der Waals surface area (Å²) in [6.45, 7) is 6.28. The summed E-state index contributed by atoms with van der Waals surface area (Å²) in [6.07, 6.45) is 3.98. The zero-order chi connectivity index (χ0) is 9.42. The second-order valence-electron chi connectivity index (χ2n) is 3.41. The number of pyridine rings is 1. The molecule has 0 aliphatic heterocycles. The molecule has 0 aliphatic carbocycles. The molecule has 0 fully saturated rings. The molecule has 2 heteroatoms. The van der Waals surface area contributed by atoms with Gasteiger partial charge in [0.25, 0.3) is 0 Å². The first-order chi connectivity index (χ1) is 6.20. The molecule has 13 heavy (non-hydrogen) atoms. The Bertz CT molecular complexity index is 461. The van der Waals surface area contributed by atoms with Gasteiger partial charge >= 0.3 is 5.65 Å². The zero-order valence-electron chi connectivity index (χ0n) is 8.20. The topological polar surface area (TPSA) is 17.0 Å².